The van der Waals surface area contributed by atoms with Crippen molar-refractivity contribution in [2.75, 3.05) is 19.6 Å². The van der Waals surface area contributed by atoms with Gasteiger partial charge in [0.1, 0.15) is 0 Å². The van der Waals surface area contributed by atoms with Crippen molar-refractivity contribution in [3.8, 4) is 0 Å². The molecule has 1 aliphatic heterocycles. The Labute approximate surface area is 107 Å². The Balaban J connectivity index is 1.95. The maximum absolute atomic E-state index is 6.14. The second-order valence-corrected chi connectivity index (χ2v) is 6.33. The Morgan fingerprint density at radius 3 is 2.65 bits per heavy atom. The van der Waals surface area contributed by atoms with Gasteiger partial charge in [-0.1, -0.05) is 26.7 Å². The third-order valence-corrected chi connectivity index (χ3v) is 5.30. The Morgan fingerprint density at radius 1 is 1.24 bits per heavy atom. The topological polar surface area (TPSA) is 29.3 Å². The van der Waals surface area contributed by atoms with Gasteiger partial charge in [0.15, 0.2) is 0 Å². The van der Waals surface area contributed by atoms with Gasteiger partial charge in [0.25, 0.3) is 0 Å². The lowest BCUT2D eigenvalue weighted by Crippen LogP contribution is -2.51. The minimum absolute atomic E-state index is 0.378. The monoisotopic (exact) mass is 238 g/mol. The first-order valence-electron chi connectivity index (χ1n) is 7.69. The Morgan fingerprint density at radius 2 is 2.06 bits per heavy atom. The number of likely N-dealkylation sites (tertiary alicyclic amines) is 1. The molecule has 0 aromatic carbocycles. The van der Waals surface area contributed by atoms with Crippen molar-refractivity contribution < 1.29 is 0 Å². The number of nitrogens with two attached hydrogens (primary N) is 1. The van der Waals surface area contributed by atoms with Gasteiger partial charge in [-0.05, 0) is 50.5 Å². The average molecular weight is 238 g/mol. The second-order valence-electron chi connectivity index (χ2n) is 6.33. The van der Waals surface area contributed by atoms with Crippen LogP contribution in [0.4, 0.5) is 0 Å². The molecule has 2 aliphatic rings. The van der Waals surface area contributed by atoms with E-state index in [1.54, 1.807) is 0 Å². The van der Waals surface area contributed by atoms with Gasteiger partial charge >= 0.3 is 0 Å². The molecule has 0 aromatic heterocycles. The van der Waals surface area contributed by atoms with E-state index in [2.05, 4.69) is 18.7 Å². The SMILES string of the molecule is CCCC1CCN(C2(CN)CCC(CC)C2)C1. The molecule has 0 aromatic rings. The van der Waals surface area contributed by atoms with E-state index in [0.717, 1.165) is 18.4 Å². The summed E-state index contributed by atoms with van der Waals surface area (Å²) in [5.74, 6) is 1.88. The lowest BCUT2D eigenvalue weighted by molar-refractivity contribution is 0.119. The molecule has 1 heterocycles. The van der Waals surface area contributed by atoms with E-state index in [0.29, 0.717) is 5.54 Å². The smallest absolute Gasteiger partial charge is 0.0334 e. The molecule has 17 heavy (non-hydrogen) atoms. The maximum Gasteiger partial charge on any atom is 0.0334 e. The van der Waals surface area contributed by atoms with Crippen molar-refractivity contribution in [3.05, 3.63) is 0 Å². The van der Waals surface area contributed by atoms with Crippen molar-refractivity contribution in [2.24, 2.45) is 17.6 Å². The van der Waals surface area contributed by atoms with Gasteiger partial charge < -0.3 is 5.73 Å². The highest BCUT2D eigenvalue weighted by Gasteiger charge is 2.44. The summed E-state index contributed by atoms with van der Waals surface area (Å²) < 4.78 is 0. The molecule has 100 valence electrons. The zero-order valence-electron chi connectivity index (χ0n) is 11.8. The van der Waals surface area contributed by atoms with Crippen LogP contribution in [0.5, 0.6) is 0 Å². The minimum Gasteiger partial charge on any atom is -0.329 e. The van der Waals surface area contributed by atoms with Crippen LogP contribution in [0.3, 0.4) is 0 Å². The molecule has 0 radical (unpaired) electrons. The first kappa shape index (κ1) is 13.4. The van der Waals surface area contributed by atoms with Crippen LogP contribution in [0.1, 0.15) is 58.8 Å². The number of nitrogens with zero attached hydrogens (tertiary/aromatic N) is 1. The minimum atomic E-state index is 0.378. The maximum atomic E-state index is 6.14. The van der Waals surface area contributed by atoms with Crippen LogP contribution >= 0.6 is 0 Å². The van der Waals surface area contributed by atoms with E-state index in [-0.39, 0.29) is 0 Å². The summed E-state index contributed by atoms with van der Waals surface area (Å²) in [4.78, 5) is 2.75. The predicted molar refractivity (Wildman–Crippen MR) is 74.0 cm³/mol. The van der Waals surface area contributed by atoms with E-state index in [4.69, 9.17) is 5.73 Å². The standard InChI is InChI=1S/C15H30N2/c1-3-5-14-7-9-17(11-14)15(12-16)8-6-13(4-2)10-15/h13-14H,3-12,16H2,1-2H3. The highest BCUT2D eigenvalue weighted by Crippen LogP contribution is 2.42. The van der Waals surface area contributed by atoms with Gasteiger partial charge in [0.05, 0.1) is 0 Å². The van der Waals surface area contributed by atoms with Crippen LogP contribution in [-0.4, -0.2) is 30.1 Å². The first-order valence-corrected chi connectivity index (χ1v) is 7.69. The molecule has 1 saturated carbocycles. The van der Waals surface area contributed by atoms with Gasteiger partial charge in [-0.15, -0.1) is 0 Å². The lowest BCUT2D eigenvalue weighted by atomic mass is 9.93. The molecule has 3 atom stereocenters. The molecule has 1 aliphatic carbocycles. The van der Waals surface area contributed by atoms with Crippen molar-refractivity contribution in [1.82, 2.24) is 4.90 Å². The molecular formula is C15H30N2. The Bertz CT molecular complexity index is 241. The molecule has 0 amide bonds. The molecule has 0 bridgehead atoms. The van der Waals surface area contributed by atoms with Gasteiger partial charge in [-0.25, -0.2) is 0 Å². The fraction of sp³-hybridized carbons (Fsp3) is 1.00. The first-order chi connectivity index (χ1) is 8.24. The molecule has 1 saturated heterocycles. The van der Waals surface area contributed by atoms with E-state index >= 15 is 0 Å². The summed E-state index contributed by atoms with van der Waals surface area (Å²) in [6, 6.07) is 0. The molecule has 2 rings (SSSR count). The molecule has 2 heteroatoms. The number of hydrogen-bond donors (Lipinski definition) is 1. The Kier molecular flexibility index (Phi) is 4.48. The van der Waals surface area contributed by atoms with Gasteiger partial charge in [0.2, 0.25) is 0 Å². The van der Waals surface area contributed by atoms with E-state index in [1.165, 1.54) is 58.0 Å². The molecule has 2 N–H and O–H groups in total. The van der Waals surface area contributed by atoms with Gasteiger partial charge in [0, 0.05) is 18.6 Å². The van der Waals surface area contributed by atoms with Gasteiger partial charge in [-0.3, -0.25) is 4.90 Å². The van der Waals surface area contributed by atoms with Crippen molar-refractivity contribution >= 4 is 0 Å². The van der Waals surface area contributed by atoms with Crippen LogP contribution in [0.15, 0.2) is 0 Å². The normalized spacial score (nSPS) is 39.0. The van der Waals surface area contributed by atoms with Crippen LogP contribution in [0.2, 0.25) is 0 Å². The summed E-state index contributed by atoms with van der Waals surface area (Å²) in [5.41, 5.74) is 6.52. The lowest BCUT2D eigenvalue weighted by Gasteiger charge is -2.38. The quantitative estimate of drug-likeness (QED) is 0.798. The summed E-state index contributed by atoms with van der Waals surface area (Å²) in [6.45, 7) is 8.15. The summed E-state index contributed by atoms with van der Waals surface area (Å²) in [5, 5.41) is 0. The fourth-order valence-corrected chi connectivity index (χ4v) is 4.07. The molecule has 3 unspecified atom stereocenters. The molecule has 2 nitrogen and oxygen atoms in total. The van der Waals surface area contributed by atoms with E-state index in [1.807, 2.05) is 0 Å². The largest absolute Gasteiger partial charge is 0.329 e. The fourth-order valence-electron chi connectivity index (χ4n) is 4.07. The average Bonchev–Trinajstić information content (AvgIpc) is 2.96. The van der Waals surface area contributed by atoms with Crippen molar-refractivity contribution in [3.63, 3.8) is 0 Å². The van der Waals surface area contributed by atoms with Crippen molar-refractivity contribution in [2.45, 2.75) is 64.3 Å². The second kappa shape index (κ2) is 5.71. The molecular weight excluding hydrogens is 208 g/mol. The summed E-state index contributed by atoms with van der Waals surface area (Å²) in [7, 11) is 0. The van der Waals surface area contributed by atoms with Crippen molar-refractivity contribution in [1.29, 1.82) is 0 Å². The summed E-state index contributed by atoms with van der Waals surface area (Å²) in [6.07, 6.45) is 9.61. The van der Waals surface area contributed by atoms with E-state index in [9.17, 15) is 0 Å². The van der Waals surface area contributed by atoms with Crippen LogP contribution < -0.4 is 5.73 Å². The zero-order valence-corrected chi connectivity index (χ0v) is 11.8. The number of hydrogen-bond acceptors (Lipinski definition) is 2. The zero-order chi connectivity index (χ0) is 12.3. The Hall–Kier alpha value is -0.0800. The number of rotatable bonds is 5. The van der Waals surface area contributed by atoms with Crippen LogP contribution in [0.25, 0.3) is 0 Å². The molecule has 2 fully saturated rings. The highest BCUT2D eigenvalue weighted by molar-refractivity contribution is 5.00. The van der Waals surface area contributed by atoms with Gasteiger partial charge in [-0.2, -0.15) is 0 Å². The summed E-state index contributed by atoms with van der Waals surface area (Å²) >= 11 is 0. The van der Waals surface area contributed by atoms with E-state index < -0.39 is 0 Å². The molecule has 0 spiro atoms. The predicted octanol–water partition coefficient (Wildman–Crippen LogP) is 3.02. The third-order valence-electron chi connectivity index (χ3n) is 5.30. The highest BCUT2D eigenvalue weighted by atomic mass is 15.2. The third kappa shape index (κ3) is 2.68. The van der Waals surface area contributed by atoms with Crippen LogP contribution in [-0.2, 0) is 0 Å². The van der Waals surface area contributed by atoms with Crippen LogP contribution in [0, 0.1) is 11.8 Å².